The van der Waals surface area contributed by atoms with Crippen molar-refractivity contribution in [1.82, 2.24) is 5.32 Å². The van der Waals surface area contributed by atoms with E-state index in [9.17, 15) is 14.4 Å². The molecular weight excluding hydrogens is 336 g/mol. The molecule has 2 unspecified atom stereocenters. The van der Waals surface area contributed by atoms with Gasteiger partial charge in [-0.2, -0.15) is 0 Å². The molecule has 0 spiro atoms. The number of nitrogens with two attached hydrogens (primary N) is 1. The predicted octanol–water partition coefficient (Wildman–Crippen LogP) is 1.19. The zero-order valence-electron chi connectivity index (χ0n) is 15.8. The molecule has 0 bridgehead atoms. The molecule has 1 aromatic rings. The van der Waals surface area contributed by atoms with Crippen LogP contribution in [0.4, 0.5) is 0 Å². The van der Waals surface area contributed by atoms with Crippen LogP contribution in [0.25, 0.3) is 0 Å². The summed E-state index contributed by atoms with van der Waals surface area (Å²) in [6.45, 7) is 6.54. The third kappa shape index (κ3) is 6.57. The summed E-state index contributed by atoms with van der Waals surface area (Å²) in [5, 5.41) is 2.50. The van der Waals surface area contributed by atoms with Gasteiger partial charge in [0.05, 0.1) is 13.2 Å². The number of rotatable bonds is 9. The number of carbonyl (C=O) groups excluding carboxylic acids is 3. The van der Waals surface area contributed by atoms with Crippen LogP contribution in [0.3, 0.4) is 0 Å². The van der Waals surface area contributed by atoms with Crippen molar-refractivity contribution in [3.8, 4) is 0 Å². The molecule has 7 nitrogen and oxygen atoms in total. The van der Waals surface area contributed by atoms with E-state index < -0.39 is 28.9 Å². The molecule has 144 valence electrons. The summed E-state index contributed by atoms with van der Waals surface area (Å²) in [5.41, 5.74) is 4.25. The molecule has 1 amide bonds. The highest BCUT2D eigenvalue weighted by atomic mass is 16.6. The van der Waals surface area contributed by atoms with Crippen molar-refractivity contribution < 1.29 is 23.9 Å². The topological polar surface area (TPSA) is 108 Å². The summed E-state index contributed by atoms with van der Waals surface area (Å²) < 4.78 is 10.7. The average Bonchev–Trinajstić information content (AvgIpc) is 2.59. The van der Waals surface area contributed by atoms with Crippen LogP contribution in [0.2, 0.25) is 0 Å². The first kappa shape index (κ1) is 21.8. The van der Waals surface area contributed by atoms with E-state index in [4.69, 9.17) is 15.2 Å². The molecule has 0 saturated heterocycles. The fraction of sp³-hybridized carbons (Fsp3) is 0.526. The molecule has 0 aliphatic rings. The van der Waals surface area contributed by atoms with E-state index in [2.05, 4.69) is 5.32 Å². The highest BCUT2D eigenvalue weighted by Gasteiger charge is 2.43. The third-order valence-corrected chi connectivity index (χ3v) is 3.65. The number of esters is 1. The first-order valence-corrected chi connectivity index (χ1v) is 8.44. The first-order chi connectivity index (χ1) is 12.1. The maximum absolute atomic E-state index is 12.5. The Labute approximate surface area is 154 Å². The molecule has 1 rings (SSSR count). The maximum atomic E-state index is 12.5. The van der Waals surface area contributed by atoms with Crippen LogP contribution in [-0.2, 0) is 30.5 Å². The molecule has 0 radical (unpaired) electrons. The molecular formula is C19H28N2O5. The van der Waals surface area contributed by atoms with Gasteiger partial charge < -0.3 is 25.3 Å². The minimum atomic E-state index is -1.59. The van der Waals surface area contributed by atoms with Crippen LogP contribution in [0.15, 0.2) is 30.3 Å². The smallest absolute Gasteiger partial charge is 0.323 e. The van der Waals surface area contributed by atoms with Gasteiger partial charge in [0.25, 0.3) is 0 Å². The Morgan fingerprint density at radius 2 is 1.81 bits per heavy atom. The fourth-order valence-corrected chi connectivity index (χ4v) is 1.98. The van der Waals surface area contributed by atoms with Gasteiger partial charge >= 0.3 is 5.97 Å². The summed E-state index contributed by atoms with van der Waals surface area (Å²) >= 11 is 0. The zero-order valence-corrected chi connectivity index (χ0v) is 15.8. The van der Waals surface area contributed by atoms with Crippen molar-refractivity contribution in [2.75, 3.05) is 13.2 Å². The van der Waals surface area contributed by atoms with E-state index in [0.29, 0.717) is 12.9 Å². The number of carbonyl (C=O) groups is 3. The Kier molecular flexibility index (Phi) is 7.92. The number of hydrogen-bond acceptors (Lipinski definition) is 6. The van der Waals surface area contributed by atoms with Crippen molar-refractivity contribution in [3.05, 3.63) is 35.9 Å². The predicted molar refractivity (Wildman–Crippen MR) is 97.1 cm³/mol. The lowest BCUT2D eigenvalue weighted by atomic mass is 9.89. The van der Waals surface area contributed by atoms with Gasteiger partial charge in [0.1, 0.15) is 17.9 Å². The van der Waals surface area contributed by atoms with Crippen molar-refractivity contribution in [2.45, 2.75) is 45.9 Å². The standard InChI is InChI=1S/C19H28N2O5/c1-18(2,3)26-17(24)19(4,13-20)16(23)21-15(10-22)12-25-11-14-8-6-5-7-9-14/h5-10,15H,11-13,20H2,1-4H3,(H,21,23). The van der Waals surface area contributed by atoms with E-state index in [1.807, 2.05) is 30.3 Å². The first-order valence-electron chi connectivity index (χ1n) is 8.44. The van der Waals surface area contributed by atoms with E-state index in [1.165, 1.54) is 6.92 Å². The zero-order chi connectivity index (χ0) is 19.8. The van der Waals surface area contributed by atoms with Gasteiger partial charge in [-0.05, 0) is 33.3 Å². The quantitative estimate of drug-likeness (QED) is 0.387. The normalized spacial score (nSPS) is 14.8. The van der Waals surface area contributed by atoms with Gasteiger partial charge in [-0.25, -0.2) is 0 Å². The summed E-state index contributed by atoms with van der Waals surface area (Å²) in [5.74, 6) is -1.41. The number of amides is 1. The van der Waals surface area contributed by atoms with Gasteiger partial charge in [-0.15, -0.1) is 0 Å². The van der Waals surface area contributed by atoms with Crippen molar-refractivity contribution in [1.29, 1.82) is 0 Å². The van der Waals surface area contributed by atoms with Crippen LogP contribution >= 0.6 is 0 Å². The minimum Gasteiger partial charge on any atom is -0.459 e. The molecule has 0 heterocycles. The van der Waals surface area contributed by atoms with Crippen LogP contribution < -0.4 is 11.1 Å². The highest BCUT2D eigenvalue weighted by molar-refractivity contribution is 6.03. The monoisotopic (exact) mass is 364 g/mol. The van der Waals surface area contributed by atoms with Crippen molar-refractivity contribution in [3.63, 3.8) is 0 Å². The van der Waals surface area contributed by atoms with Gasteiger partial charge in [0, 0.05) is 6.54 Å². The molecule has 0 aliphatic carbocycles. The summed E-state index contributed by atoms with van der Waals surface area (Å²) in [4.78, 5) is 36.1. The maximum Gasteiger partial charge on any atom is 0.323 e. The van der Waals surface area contributed by atoms with Crippen molar-refractivity contribution in [2.24, 2.45) is 11.1 Å². The molecule has 1 aromatic carbocycles. The Hall–Kier alpha value is -2.25. The number of hydrogen-bond donors (Lipinski definition) is 2. The van der Waals surface area contributed by atoms with E-state index in [1.54, 1.807) is 20.8 Å². The summed E-state index contributed by atoms with van der Waals surface area (Å²) in [6, 6.07) is 8.54. The summed E-state index contributed by atoms with van der Waals surface area (Å²) in [7, 11) is 0. The Morgan fingerprint density at radius 3 is 2.31 bits per heavy atom. The molecule has 0 aliphatic heterocycles. The van der Waals surface area contributed by atoms with Crippen molar-refractivity contribution >= 4 is 18.2 Å². The molecule has 7 heteroatoms. The molecule has 0 saturated carbocycles. The van der Waals surface area contributed by atoms with Gasteiger partial charge in [0.15, 0.2) is 5.41 Å². The number of nitrogens with one attached hydrogen (secondary N) is 1. The number of benzene rings is 1. The highest BCUT2D eigenvalue weighted by Crippen LogP contribution is 2.21. The lowest BCUT2D eigenvalue weighted by Crippen LogP contribution is -2.54. The van der Waals surface area contributed by atoms with Gasteiger partial charge in [-0.3, -0.25) is 9.59 Å². The number of aldehydes is 1. The largest absolute Gasteiger partial charge is 0.459 e. The lowest BCUT2D eigenvalue weighted by Gasteiger charge is -2.30. The SMILES string of the molecule is CC(C)(C)OC(=O)C(C)(CN)C(=O)NC(C=O)COCc1ccccc1. The lowest BCUT2D eigenvalue weighted by molar-refractivity contribution is -0.169. The molecule has 26 heavy (non-hydrogen) atoms. The van der Waals surface area contributed by atoms with E-state index in [-0.39, 0.29) is 13.2 Å². The van der Waals surface area contributed by atoms with Crippen LogP contribution in [0.1, 0.15) is 33.3 Å². The van der Waals surface area contributed by atoms with Crippen LogP contribution in [0.5, 0.6) is 0 Å². The Morgan fingerprint density at radius 1 is 1.19 bits per heavy atom. The minimum absolute atomic E-state index is 0.0148. The van der Waals surface area contributed by atoms with Crippen LogP contribution in [-0.4, -0.2) is 43.0 Å². The molecule has 0 fully saturated rings. The third-order valence-electron chi connectivity index (χ3n) is 3.65. The van der Waals surface area contributed by atoms with Gasteiger partial charge in [-0.1, -0.05) is 30.3 Å². The Bertz CT molecular complexity index is 612. The molecule has 3 N–H and O–H groups in total. The summed E-state index contributed by atoms with van der Waals surface area (Å²) in [6.07, 6.45) is 0.564. The fourth-order valence-electron chi connectivity index (χ4n) is 1.98. The Balaban J connectivity index is 2.65. The number of ether oxygens (including phenoxy) is 2. The second-order valence-corrected chi connectivity index (χ2v) is 7.25. The second kappa shape index (κ2) is 9.45. The molecule has 2 atom stereocenters. The average molecular weight is 364 g/mol. The van der Waals surface area contributed by atoms with E-state index >= 15 is 0 Å². The molecule has 0 aromatic heterocycles. The van der Waals surface area contributed by atoms with E-state index in [0.717, 1.165) is 5.56 Å². The van der Waals surface area contributed by atoms with Gasteiger partial charge in [0.2, 0.25) is 5.91 Å². The van der Waals surface area contributed by atoms with Crippen LogP contribution in [0, 0.1) is 5.41 Å². The second-order valence-electron chi connectivity index (χ2n) is 7.25.